The van der Waals surface area contributed by atoms with Crippen molar-refractivity contribution in [2.75, 3.05) is 7.05 Å². The van der Waals surface area contributed by atoms with Crippen LogP contribution in [0.3, 0.4) is 0 Å². The van der Waals surface area contributed by atoms with Crippen LogP contribution >= 0.6 is 12.4 Å². The molecule has 0 fully saturated rings. The Labute approximate surface area is 186 Å². The summed E-state index contributed by atoms with van der Waals surface area (Å²) < 4.78 is 44.4. The van der Waals surface area contributed by atoms with Gasteiger partial charge < -0.3 is 5.32 Å². The third kappa shape index (κ3) is 4.41. The molecule has 0 aliphatic heterocycles. The van der Waals surface area contributed by atoms with E-state index in [0.29, 0.717) is 6.54 Å². The molecule has 2 aromatic heterocycles. The minimum absolute atomic E-state index is 0. The molecule has 0 aliphatic carbocycles. The minimum Gasteiger partial charge on any atom is -0.316 e. The van der Waals surface area contributed by atoms with E-state index in [2.05, 4.69) is 10.4 Å². The zero-order valence-corrected chi connectivity index (χ0v) is 18.6. The number of hydrogen-bond acceptors (Lipinski definition) is 4. The number of aryl methyl sites for hydroxylation is 1. The Balaban J connectivity index is 0.00000272. The van der Waals surface area contributed by atoms with Gasteiger partial charge in [0.1, 0.15) is 5.82 Å². The fourth-order valence-corrected chi connectivity index (χ4v) is 4.82. The predicted octanol–water partition coefficient (Wildman–Crippen LogP) is 4.07. The number of halogens is 2. The second-order valence-electron chi connectivity index (χ2n) is 6.98. The first-order valence-electron chi connectivity index (χ1n) is 9.35. The molecule has 0 aliphatic rings. The van der Waals surface area contributed by atoms with Crippen molar-refractivity contribution in [1.29, 1.82) is 0 Å². The molecule has 4 rings (SSSR count). The molecular formula is C22H22ClFN4O2S. The monoisotopic (exact) mass is 460 g/mol. The quantitative estimate of drug-likeness (QED) is 0.471. The number of rotatable bonds is 6. The van der Waals surface area contributed by atoms with E-state index >= 15 is 0 Å². The molecule has 0 bridgehead atoms. The summed E-state index contributed by atoms with van der Waals surface area (Å²) in [5, 5.41) is 7.15. The Morgan fingerprint density at radius 3 is 2.48 bits per heavy atom. The summed E-state index contributed by atoms with van der Waals surface area (Å²) in [6.07, 6.45) is 5.03. The zero-order chi connectivity index (χ0) is 21.3. The van der Waals surface area contributed by atoms with Crippen molar-refractivity contribution in [3.8, 4) is 22.4 Å². The maximum atomic E-state index is 14.5. The summed E-state index contributed by atoms with van der Waals surface area (Å²) in [5.41, 5.74) is 2.80. The summed E-state index contributed by atoms with van der Waals surface area (Å²) in [6.45, 7) is 0.458. The third-order valence-corrected chi connectivity index (χ3v) is 6.47. The van der Waals surface area contributed by atoms with Crippen LogP contribution in [-0.2, 0) is 23.6 Å². The van der Waals surface area contributed by atoms with Gasteiger partial charge in [0.25, 0.3) is 10.0 Å². The molecular weight excluding hydrogens is 439 g/mol. The molecule has 0 unspecified atom stereocenters. The lowest BCUT2D eigenvalue weighted by Gasteiger charge is -2.12. The van der Waals surface area contributed by atoms with Crippen molar-refractivity contribution in [1.82, 2.24) is 19.1 Å². The number of hydrogen-bond donors (Lipinski definition) is 1. The number of nitrogens with one attached hydrogen (secondary N) is 1. The second-order valence-corrected chi connectivity index (χ2v) is 8.79. The molecule has 0 spiro atoms. The third-order valence-electron chi connectivity index (χ3n) is 4.80. The second kappa shape index (κ2) is 9.05. The Bertz CT molecular complexity index is 1310. The van der Waals surface area contributed by atoms with E-state index < -0.39 is 15.8 Å². The van der Waals surface area contributed by atoms with E-state index in [9.17, 15) is 12.8 Å². The van der Waals surface area contributed by atoms with Gasteiger partial charge in [-0.3, -0.25) is 4.68 Å². The Morgan fingerprint density at radius 1 is 1.03 bits per heavy atom. The first kappa shape index (κ1) is 22.7. The lowest BCUT2D eigenvalue weighted by Crippen LogP contribution is -2.14. The highest BCUT2D eigenvalue weighted by molar-refractivity contribution is 7.90. The molecule has 2 aromatic carbocycles. The smallest absolute Gasteiger partial charge is 0.268 e. The van der Waals surface area contributed by atoms with Crippen LogP contribution in [0.15, 0.2) is 78.1 Å². The summed E-state index contributed by atoms with van der Waals surface area (Å²) in [5.74, 6) is -0.479. The van der Waals surface area contributed by atoms with E-state index in [4.69, 9.17) is 0 Å². The van der Waals surface area contributed by atoms with Crippen molar-refractivity contribution in [3.05, 3.63) is 84.6 Å². The lowest BCUT2D eigenvalue weighted by molar-refractivity contribution is 0.587. The summed E-state index contributed by atoms with van der Waals surface area (Å²) in [7, 11) is -0.391. The molecule has 9 heteroatoms. The molecule has 2 heterocycles. The molecule has 4 aromatic rings. The van der Waals surface area contributed by atoms with E-state index in [0.717, 1.165) is 20.7 Å². The zero-order valence-electron chi connectivity index (χ0n) is 17.0. The molecule has 0 saturated heterocycles. The first-order valence-corrected chi connectivity index (χ1v) is 10.8. The highest BCUT2D eigenvalue weighted by atomic mass is 35.5. The van der Waals surface area contributed by atoms with Crippen LogP contribution in [0.2, 0.25) is 0 Å². The number of aromatic nitrogens is 3. The Hall–Kier alpha value is -2.94. The van der Waals surface area contributed by atoms with E-state index in [1.54, 1.807) is 61.4 Å². The van der Waals surface area contributed by atoms with E-state index in [1.807, 2.05) is 12.3 Å². The van der Waals surface area contributed by atoms with Crippen LogP contribution in [0.5, 0.6) is 0 Å². The highest BCUT2D eigenvalue weighted by Crippen LogP contribution is 2.30. The summed E-state index contributed by atoms with van der Waals surface area (Å²) in [4.78, 5) is 0.119. The van der Waals surface area contributed by atoms with Gasteiger partial charge in [0, 0.05) is 37.1 Å². The minimum atomic E-state index is -3.96. The maximum Gasteiger partial charge on any atom is 0.268 e. The van der Waals surface area contributed by atoms with Crippen LogP contribution in [-0.4, -0.2) is 29.2 Å². The Kier molecular flexibility index (Phi) is 6.64. The Morgan fingerprint density at radius 2 is 1.81 bits per heavy atom. The molecule has 1 N–H and O–H groups in total. The largest absolute Gasteiger partial charge is 0.316 e. The maximum absolute atomic E-state index is 14.5. The lowest BCUT2D eigenvalue weighted by atomic mass is 10.1. The normalized spacial score (nSPS) is 11.3. The fraction of sp³-hybridized carbons (Fsp3) is 0.136. The fourth-order valence-electron chi connectivity index (χ4n) is 3.38. The van der Waals surface area contributed by atoms with Crippen LogP contribution in [0.1, 0.15) is 5.56 Å². The van der Waals surface area contributed by atoms with Gasteiger partial charge in [-0.1, -0.05) is 24.3 Å². The summed E-state index contributed by atoms with van der Waals surface area (Å²) in [6, 6.07) is 14.5. The number of benzene rings is 2. The molecule has 0 amide bonds. The standard InChI is InChI=1S/C22H21FN4O2S.ClH/c1-24-12-16-10-22(20-8-3-4-9-21(20)23)27(14-16)30(28,29)19-7-5-6-17(11-19)18-13-25-26(2)15-18;/h3-11,13-15,24H,12H2,1-2H3;1H. The summed E-state index contributed by atoms with van der Waals surface area (Å²) >= 11 is 0. The van der Waals surface area contributed by atoms with Crippen LogP contribution in [0.25, 0.3) is 22.4 Å². The molecule has 31 heavy (non-hydrogen) atoms. The van der Waals surface area contributed by atoms with Crippen molar-refractivity contribution in [2.24, 2.45) is 7.05 Å². The average molecular weight is 461 g/mol. The van der Waals surface area contributed by atoms with Crippen molar-refractivity contribution in [2.45, 2.75) is 11.4 Å². The van der Waals surface area contributed by atoms with Gasteiger partial charge >= 0.3 is 0 Å². The van der Waals surface area contributed by atoms with Gasteiger partial charge in [-0.2, -0.15) is 5.10 Å². The van der Waals surface area contributed by atoms with Crippen LogP contribution in [0, 0.1) is 5.82 Å². The van der Waals surface area contributed by atoms with Gasteiger partial charge in [0.2, 0.25) is 0 Å². The van der Waals surface area contributed by atoms with Crippen LogP contribution in [0.4, 0.5) is 4.39 Å². The SMILES string of the molecule is CNCc1cc(-c2ccccc2F)n(S(=O)(=O)c2cccc(-c3cnn(C)c3)c2)c1.Cl. The predicted molar refractivity (Wildman–Crippen MR) is 121 cm³/mol. The molecule has 0 radical (unpaired) electrons. The van der Waals surface area contributed by atoms with Crippen molar-refractivity contribution >= 4 is 22.4 Å². The molecule has 0 saturated carbocycles. The highest BCUT2D eigenvalue weighted by Gasteiger charge is 2.23. The van der Waals surface area contributed by atoms with Gasteiger partial charge in [0.05, 0.1) is 16.8 Å². The van der Waals surface area contributed by atoms with Gasteiger partial charge in [-0.25, -0.2) is 16.8 Å². The van der Waals surface area contributed by atoms with Crippen molar-refractivity contribution in [3.63, 3.8) is 0 Å². The molecule has 6 nitrogen and oxygen atoms in total. The van der Waals surface area contributed by atoms with Gasteiger partial charge in [0.15, 0.2) is 0 Å². The molecule has 0 atom stereocenters. The topological polar surface area (TPSA) is 68.9 Å². The molecule has 162 valence electrons. The number of nitrogens with zero attached hydrogens (tertiary/aromatic N) is 3. The van der Waals surface area contributed by atoms with Gasteiger partial charge in [-0.15, -0.1) is 12.4 Å². The van der Waals surface area contributed by atoms with Crippen molar-refractivity contribution < 1.29 is 12.8 Å². The average Bonchev–Trinajstić information content (AvgIpc) is 3.36. The van der Waals surface area contributed by atoms with E-state index in [-0.39, 0.29) is 28.6 Å². The van der Waals surface area contributed by atoms with E-state index in [1.165, 1.54) is 18.3 Å². The van der Waals surface area contributed by atoms with Gasteiger partial charge in [-0.05, 0) is 48.5 Å². The van der Waals surface area contributed by atoms with Crippen LogP contribution < -0.4 is 5.32 Å². The first-order chi connectivity index (χ1) is 14.4.